The van der Waals surface area contributed by atoms with Crippen LogP contribution < -0.4 is 4.72 Å². The number of aryl methyl sites for hydroxylation is 2. The van der Waals surface area contributed by atoms with Crippen molar-refractivity contribution in [3.05, 3.63) is 35.1 Å². The van der Waals surface area contributed by atoms with Gasteiger partial charge in [0.1, 0.15) is 10.0 Å². The van der Waals surface area contributed by atoms with Gasteiger partial charge in [-0.25, -0.2) is 16.8 Å². The number of hydrogen-bond acceptors (Lipinski definition) is 5. The largest absolute Gasteiger partial charge is 0.279 e. The average Bonchev–Trinajstić information content (AvgIpc) is 2.81. The number of anilines is 1. The molecule has 0 saturated carbocycles. The van der Waals surface area contributed by atoms with Gasteiger partial charge in [0.2, 0.25) is 10.0 Å². The van der Waals surface area contributed by atoms with Crippen molar-refractivity contribution >= 4 is 37.3 Å². The van der Waals surface area contributed by atoms with Gasteiger partial charge in [-0.3, -0.25) is 9.40 Å². The summed E-state index contributed by atoms with van der Waals surface area (Å²) in [6.07, 6.45) is 0. The van der Waals surface area contributed by atoms with E-state index >= 15 is 0 Å². The molecule has 0 aliphatic rings. The van der Waals surface area contributed by atoms with E-state index in [-0.39, 0.29) is 26.3 Å². The molecule has 0 amide bonds. The zero-order valence-corrected chi connectivity index (χ0v) is 17.3. The minimum atomic E-state index is -3.95. The molecule has 11 heteroatoms. The van der Waals surface area contributed by atoms with Crippen molar-refractivity contribution in [3.8, 4) is 0 Å². The van der Waals surface area contributed by atoms with Crippen LogP contribution in [0.1, 0.15) is 19.5 Å². The van der Waals surface area contributed by atoms with Crippen LogP contribution >= 0.6 is 11.6 Å². The first-order chi connectivity index (χ1) is 12.0. The molecular formula is C15H21ClN4O4S2. The van der Waals surface area contributed by atoms with E-state index in [0.717, 1.165) is 0 Å². The molecule has 0 bridgehead atoms. The SMILES string of the molecule is CCN(CC)S(=O)(=O)c1ccc(NS(=O)(=O)c2c(C)nn(C)c2Cl)cc1. The Balaban J connectivity index is 2.32. The molecule has 1 aromatic heterocycles. The van der Waals surface area contributed by atoms with Crippen LogP contribution in [-0.2, 0) is 27.1 Å². The highest BCUT2D eigenvalue weighted by Crippen LogP contribution is 2.27. The summed E-state index contributed by atoms with van der Waals surface area (Å²) in [6.45, 7) is 5.76. The molecule has 0 atom stereocenters. The van der Waals surface area contributed by atoms with Gasteiger partial charge in [0.05, 0.1) is 10.6 Å². The van der Waals surface area contributed by atoms with Crippen LogP contribution in [0.5, 0.6) is 0 Å². The lowest BCUT2D eigenvalue weighted by Gasteiger charge is -2.18. The first-order valence-corrected chi connectivity index (χ1v) is 11.2. The lowest BCUT2D eigenvalue weighted by molar-refractivity contribution is 0.445. The van der Waals surface area contributed by atoms with Crippen LogP contribution in [0.4, 0.5) is 5.69 Å². The fourth-order valence-corrected chi connectivity index (χ4v) is 5.80. The smallest absolute Gasteiger partial charge is 0.266 e. The van der Waals surface area contributed by atoms with Gasteiger partial charge in [-0.15, -0.1) is 0 Å². The first-order valence-electron chi connectivity index (χ1n) is 7.86. The monoisotopic (exact) mass is 420 g/mol. The number of halogens is 1. The van der Waals surface area contributed by atoms with E-state index in [0.29, 0.717) is 13.1 Å². The number of nitrogens with zero attached hydrogens (tertiary/aromatic N) is 3. The number of aromatic nitrogens is 2. The molecule has 2 aromatic rings. The number of sulfonamides is 2. The van der Waals surface area contributed by atoms with Crippen LogP contribution in [0.15, 0.2) is 34.1 Å². The van der Waals surface area contributed by atoms with Crippen molar-refractivity contribution in [2.75, 3.05) is 17.8 Å². The molecule has 1 heterocycles. The summed E-state index contributed by atoms with van der Waals surface area (Å²) >= 11 is 6.01. The van der Waals surface area contributed by atoms with E-state index in [1.807, 2.05) is 0 Å². The van der Waals surface area contributed by atoms with Crippen LogP contribution in [0.25, 0.3) is 0 Å². The number of hydrogen-bond donors (Lipinski definition) is 1. The summed E-state index contributed by atoms with van der Waals surface area (Å²) in [5, 5.41) is 3.98. The first kappa shape index (κ1) is 20.7. The quantitative estimate of drug-likeness (QED) is 0.739. The number of nitrogens with one attached hydrogen (secondary N) is 1. The van der Waals surface area contributed by atoms with Gasteiger partial charge in [0.25, 0.3) is 10.0 Å². The summed E-state index contributed by atoms with van der Waals surface area (Å²) in [5.74, 6) is 0. The molecular weight excluding hydrogens is 400 g/mol. The van der Waals surface area contributed by atoms with E-state index in [4.69, 9.17) is 11.6 Å². The van der Waals surface area contributed by atoms with Crippen LogP contribution in [-0.4, -0.2) is 44.0 Å². The Hall–Kier alpha value is -1.62. The Morgan fingerprint density at radius 1 is 1.12 bits per heavy atom. The molecule has 0 fully saturated rings. The standard InChI is InChI=1S/C15H21ClN4O4S2/c1-5-20(6-2)26(23,24)13-9-7-12(8-10-13)18-25(21,22)14-11(3)17-19(4)15(14)16/h7-10,18H,5-6H2,1-4H3. The van der Waals surface area contributed by atoms with Crippen molar-refractivity contribution in [2.24, 2.45) is 7.05 Å². The van der Waals surface area contributed by atoms with Gasteiger partial charge in [-0.05, 0) is 31.2 Å². The van der Waals surface area contributed by atoms with E-state index in [2.05, 4.69) is 9.82 Å². The Bertz CT molecular complexity index is 995. The number of rotatable bonds is 7. The Morgan fingerprint density at radius 3 is 2.08 bits per heavy atom. The third kappa shape index (κ3) is 3.88. The highest BCUT2D eigenvalue weighted by molar-refractivity contribution is 7.93. The second-order valence-corrected chi connectivity index (χ2v) is 9.46. The van der Waals surface area contributed by atoms with Crippen molar-refractivity contribution < 1.29 is 16.8 Å². The predicted molar refractivity (Wildman–Crippen MR) is 100 cm³/mol. The molecule has 0 aliphatic carbocycles. The van der Waals surface area contributed by atoms with Gasteiger partial charge in [0.15, 0.2) is 0 Å². The number of benzene rings is 1. The minimum absolute atomic E-state index is 0.00395. The molecule has 26 heavy (non-hydrogen) atoms. The molecule has 0 unspecified atom stereocenters. The van der Waals surface area contributed by atoms with Gasteiger partial charge in [-0.1, -0.05) is 25.4 Å². The lowest BCUT2D eigenvalue weighted by atomic mass is 10.3. The zero-order valence-electron chi connectivity index (χ0n) is 14.9. The van der Waals surface area contributed by atoms with Gasteiger partial charge in [-0.2, -0.15) is 9.40 Å². The second kappa shape index (κ2) is 7.55. The molecule has 0 aliphatic heterocycles. The van der Waals surface area contributed by atoms with Gasteiger partial charge in [0, 0.05) is 25.8 Å². The summed E-state index contributed by atoms with van der Waals surface area (Å²) < 4.78 is 55.0. The Morgan fingerprint density at radius 2 is 1.65 bits per heavy atom. The fraction of sp³-hybridized carbons (Fsp3) is 0.400. The molecule has 1 aromatic carbocycles. The highest BCUT2D eigenvalue weighted by Gasteiger charge is 2.26. The zero-order chi connectivity index (χ0) is 19.7. The highest BCUT2D eigenvalue weighted by atomic mass is 35.5. The van der Waals surface area contributed by atoms with Crippen molar-refractivity contribution in [3.63, 3.8) is 0 Å². The van der Waals surface area contributed by atoms with Crippen LogP contribution in [0.3, 0.4) is 0 Å². The maximum Gasteiger partial charge on any atom is 0.266 e. The summed E-state index contributed by atoms with van der Waals surface area (Å²) in [4.78, 5) is -0.0127. The molecule has 0 saturated heterocycles. The molecule has 1 N–H and O–H groups in total. The topological polar surface area (TPSA) is 101 Å². The van der Waals surface area contributed by atoms with Crippen LogP contribution in [0.2, 0.25) is 5.15 Å². The Kier molecular flexibility index (Phi) is 6.01. The fourth-order valence-electron chi connectivity index (χ4n) is 2.53. The predicted octanol–water partition coefficient (Wildman–Crippen LogP) is 2.21. The van der Waals surface area contributed by atoms with E-state index in [1.165, 1.54) is 33.3 Å². The van der Waals surface area contributed by atoms with Crippen molar-refractivity contribution in [1.29, 1.82) is 0 Å². The third-order valence-corrected chi connectivity index (χ3v) is 7.96. The molecule has 144 valence electrons. The van der Waals surface area contributed by atoms with Crippen LogP contribution in [0, 0.1) is 6.92 Å². The summed E-state index contributed by atoms with van der Waals surface area (Å²) in [5.41, 5.74) is 0.494. The molecule has 8 nitrogen and oxygen atoms in total. The molecule has 2 rings (SSSR count). The van der Waals surface area contributed by atoms with Gasteiger partial charge >= 0.3 is 0 Å². The summed E-state index contributed by atoms with van der Waals surface area (Å²) in [7, 11) is -6.01. The lowest BCUT2D eigenvalue weighted by Crippen LogP contribution is -2.30. The maximum absolute atomic E-state index is 12.6. The average molecular weight is 421 g/mol. The van der Waals surface area contributed by atoms with Crippen molar-refractivity contribution in [2.45, 2.75) is 30.6 Å². The summed E-state index contributed by atoms with van der Waals surface area (Å²) in [6, 6.07) is 5.52. The van der Waals surface area contributed by atoms with Crippen molar-refractivity contribution in [1.82, 2.24) is 14.1 Å². The van der Waals surface area contributed by atoms with E-state index in [9.17, 15) is 16.8 Å². The maximum atomic E-state index is 12.6. The third-order valence-electron chi connectivity index (χ3n) is 3.82. The minimum Gasteiger partial charge on any atom is -0.279 e. The Labute approximate surface area is 158 Å². The molecule has 0 radical (unpaired) electrons. The molecule has 0 spiro atoms. The van der Waals surface area contributed by atoms with E-state index < -0.39 is 20.0 Å². The second-order valence-electron chi connectivity index (χ2n) is 5.55. The van der Waals surface area contributed by atoms with Gasteiger partial charge < -0.3 is 0 Å². The normalized spacial score (nSPS) is 12.5. The van der Waals surface area contributed by atoms with E-state index in [1.54, 1.807) is 27.8 Å².